The average Bonchev–Trinajstić information content (AvgIpc) is 3.55. The predicted molar refractivity (Wildman–Crippen MR) is 154 cm³/mol. The smallest absolute Gasteiger partial charge is 0.475 e. The molecule has 1 aliphatic heterocycles. The van der Waals surface area contributed by atoms with Gasteiger partial charge in [-0.15, -0.1) is 11.3 Å². The number of fused-ring (bicyclic) bond motifs is 2. The van der Waals surface area contributed by atoms with Gasteiger partial charge in [-0.05, 0) is 55.3 Å². The summed E-state index contributed by atoms with van der Waals surface area (Å²) in [6, 6.07) is 14.1. The first kappa shape index (κ1) is 30.3. The first-order valence-electron chi connectivity index (χ1n) is 13.4. The van der Waals surface area contributed by atoms with Crippen LogP contribution < -0.4 is 5.56 Å². The van der Waals surface area contributed by atoms with Crippen molar-refractivity contribution in [2.75, 3.05) is 32.8 Å². The molecular weight excluding hydrogens is 590 g/mol. The van der Waals surface area contributed by atoms with Crippen LogP contribution in [-0.4, -0.2) is 74.1 Å². The lowest BCUT2D eigenvalue weighted by Gasteiger charge is -2.26. The lowest BCUT2D eigenvalue weighted by Crippen LogP contribution is -2.37. The molecule has 0 aliphatic carbocycles. The van der Waals surface area contributed by atoms with E-state index in [4.69, 9.17) is 19.6 Å². The van der Waals surface area contributed by atoms with Gasteiger partial charge in [0, 0.05) is 31.1 Å². The molecule has 3 aromatic heterocycles. The van der Waals surface area contributed by atoms with Crippen molar-refractivity contribution < 1.29 is 32.2 Å². The maximum Gasteiger partial charge on any atom is 0.490 e. The molecule has 5 aromatic rings. The maximum absolute atomic E-state index is 13.4. The number of morpholine rings is 1. The van der Waals surface area contributed by atoms with E-state index in [9.17, 15) is 22.4 Å². The van der Waals surface area contributed by atoms with Gasteiger partial charge < -0.3 is 14.4 Å². The number of benzene rings is 2. The van der Waals surface area contributed by atoms with Crippen LogP contribution in [0.3, 0.4) is 0 Å². The van der Waals surface area contributed by atoms with Gasteiger partial charge in [0.2, 0.25) is 0 Å². The van der Waals surface area contributed by atoms with E-state index in [1.54, 1.807) is 23.0 Å². The fraction of sp³-hybridized carbons (Fsp3) is 0.310. The van der Waals surface area contributed by atoms with E-state index in [2.05, 4.69) is 14.5 Å². The first-order chi connectivity index (χ1) is 20.5. The fourth-order valence-electron chi connectivity index (χ4n) is 4.80. The highest BCUT2D eigenvalue weighted by Crippen LogP contribution is 2.31. The molecule has 226 valence electrons. The van der Waals surface area contributed by atoms with Crippen molar-refractivity contribution in [3.8, 4) is 16.1 Å². The number of aromatic nitrogens is 4. The third kappa shape index (κ3) is 6.92. The molecule has 1 fully saturated rings. The Bertz CT molecular complexity index is 1810. The number of rotatable bonds is 6. The molecule has 0 atom stereocenters. The van der Waals surface area contributed by atoms with Gasteiger partial charge in [-0.1, -0.05) is 12.1 Å². The molecule has 2 aromatic carbocycles. The molecular formula is C29H27F4N5O4S. The van der Waals surface area contributed by atoms with Gasteiger partial charge in [0.25, 0.3) is 5.56 Å². The van der Waals surface area contributed by atoms with Crippen molar-refractivity contribution >= 4 is 38.6 Å². The van der Waals surface area contributed by atoms with Crippen LogP contribution in [0.5, 0.6) is 0 Å². The fourth-order valence-corrected chi connectivity index (χ4v) is 5.85. The van der Waals surface area contributed by atoms with E-state index in [1.165, 1.54) is 23.5 Å². The van der Waals surface area contributed by atoms with Crippen molar-refractivity contribution in [1.82, 2.24) is 24.0 Å². The summed E-state index contributed by atoms with van der Waals surface area (Å²) in [4.78, 5) is 34.9. The van der Waals surface area contributed by atoms with Crippen LogP contribution in [0.4, 0.5) is 17.6 Å². The maximum atomic E-state index is 13.4. The molecule has 9 nitrogen and oxygen atoms in total. The van der Waals surface area contributed by atoms with Gasteiger partial charge >= 0.3 is 12.1 Å². The minimum atomic E-state index is -5.08. The lowest BCUT2D eigenvalue weighted by atomic mass is 10.2. The van der Waals surface area contributed by atoms with Crippen LogP contribution in [0.1, 0.15) is 12.2 Å². The highest BCUT2D eigenvalue weighted by atomic mass is 32.1. The normalized spacial score (nSPS) is 14.2. The van der Waals surface area contributed by atoms with Crippen molar-refractivity contribution in [3.63, 3.8) is 0 Å². The van der Waals surface area contributed by atoms with E-state index in [1.807, 2.05) is 31.2 Å². The Hall–Kier alpha value is -4.14. The molecule has 1 aliphatic rings. The SMILES string of the molecule is Cc1nc2cc(-n3cnc4cc(-c5ccc(F)cc5)sc4c3=O)ccc2n1CCCN1CCOCC1.O=C(O)C(F)(F)F. The summed E-state index contributed by atoms with van der Waals surface area (Å²) in [6.45, 7) is 7.59. The molecule has 6 rings (SSSR count). The van der Waals surface area contributed by atoms with Crippen molar-refractivity contribution in [2.45, 2.75) is 26.1 Å². The van der Waals surface area contributed by atoms with Crippen LogP contribution in [-0.2, 0) is 16.1 Å². The van der Waals surface area contributed by atoms with Gasteiger partial charge in [-0.3, -0.25) is 14.3 Å². The Morgan fingerprint density at radius 2 is 1.74 bits per heavy atom. The number of aliphatic carboxylic acids is 1. The number of carboxylic acids is 1. The molecule has 0 bridgehead atoms. The first-order valence-corrected chi connectivity index (χ1v) is 14.2. The number of aryl methyl sites for hydroxylation is 2. The summed E-state index contributed by atoms with van der Waals surface area (Å²) in [5.41, 5.74) is 4.04. The summed E-state index contributed by atoms with van der Waals surface area (Å²) in [5, 5.41) is 7.12. The third-order valence-corrected chi connectivity index (χ3v) is 8.13. The second-order valence-electron chi connectivity index (χ2n) is 9.85. The van der Waals surface area contributed by atoms with E-state index in [-0.39, 0.29) is 11.4 Å². The summed E-state index contributed by atoms with van der Waals surface area (Å²) < 4.78 is 54.9. The molecule has 1 N–H and O–H groups in total. The van der Waals surface area contributed by atoms with Crippen LogP contribution in [0, 0.1) is 12.7 Å². The van der Waals surface area contributed by atoms with Crippen molar-refractivity contribution in [1.29, 1.82) is 0 Å². The van der Waals surface area contributed by atoms with Gasteiger partial charge in [-0.2, -0.15) is 13.2 Å². The molecule has 0 amide bonds. The summed E-state index contributed by atoms with van der Waals surface area (Å²) in [5.74, 6) is -2.08. The van der Waals surface area contributed by atoms with Crippen molar-refractivity contribution in [3.05, 3.63) is 76.9 Å². The second-order valence-corrected chi connectivity index (χ2v) is 10.9. The van der Waals surface area contributed by atoms with Crippen LogP contribution >= 0.6 is 11.3 Å². The van der Waals surface area contributed by atoms with E-state index in [0.29, 0.717) is 10.2 Å². The third-order valence-electron chi connectivity index (χ3n) is 6.97. The van der Waals surface area contributed by atoms with Crippen LogP contribution in [0.25, 0.3) is 37.4 Å². The Morgan fingerprint density at radius 1 is 1.05 bits per heavy atom. The zero-order valence-electron chi connectivity index (χ0n) is 23.0. The average molecular weight is 618 g/mol. The molecule has 0 radical (unpaired) electrons. The number of halogens is 4. The molecule has 4 heterocycles. The molecule has 0 spiro atoms. The van der Waals surface area contributed by atoms with Gasteiger partial charge in [0.1, 0.15) is 22.7 Å². The summed E-state index contributed by atoms with van der Waals surface area (Å²) >= 11 is 1.37. The van der Waals surface area contributed by atoms with Gasteiger partial charge in [-0.25, -0.2) is 19.2 Å². The Labute approximate surface area is 246 Å². The number of hydrogen-bond acceptors (Lipinski definition) is 7. The van der Waals surface area contributed by atoms with Crippen LogP contribution in [0.2, 0.25) is 0 Å². The van der Waals surface area contributed by atoms with Gasteiger partial charge in [0.15, 0.2) is 0 Å². The predicted octanol–water partition coefficient (Wildman–Crippen LogP) is 5.27. The van der Waals surface area contributed by atoms with Crippen LogP contribution in [0.15, 0.2) is 59.7 Å². The number of alkyl halides is 3. The minimum absolute atomic E-state index is 0.126. The number of thiophene rings is 1. The Morgan fingerprint density at radius 3 is 2.42 bits per heavy atom. The number of imidazole rings is 1. The van der Waals surface area contributed by atoms with Gasteiger partial charge in [0.05, 0.1) is 35.5 Å². The zero-order chi connectivity index (χ0) is 30.7. The molecule has 43 heavy (non-hydrogen) atoms. The molecule has 0 saturated carbocycles. The Balaban J connectivity index is 0.000000472. The van der Waals surface area contributed by atoms with Crippen molar-refractivity contribution in [2.24, 2.45) is 0 Å². The number of ether oxygens (including phenoxy) is 1. The lowest BCUT2D eigenvalue weighted by molar-refractivity contribution is -0.192. The highest BCUT2D eigenvalue weighted by molar-refractivity contribution is 7.22. The second kappa shape index (κ2) is 12.6. The summed E-state index contributed by atoms with van der Waals surface area (Å²) in [6.07, 6.45) is -2.47. The molecule has 0 unspecified atom stereocenters. The van der Waals surface area contributed by atoms with E-state index < -0.39 is 12.1 Å². The minimum Gasteiger partial charge on any atom is -0.475 e. The largest absolute Gasteiger partial charge is 0.490 e. The number of hydrogen-bond donors (Lipinski definition) is 1. The molecule has 14 heteroatoms. The quantitative estimate of drug-likeness (QED) is 0.259. The zero-order valence-corrected chi connectivity index (χ0v) is 23.8. The summed E-state index contributed by atoms with van der Waals surface area (Å²) in [7, 11) is 0. The standard InChI is InChI=1S/C27H26FN5O2S.C2HF3O2/c1-18-30-22-15-21(7-8-24(22)32(18)10-2-9-31-11-13-35-14-12-31)33-17-29-23-16-25(36-26(23)27(33)34)19-3-5-20(28)6-4-19;3-2(4,5)1(6)7/h3-8,15-17H,2,9-14H2,1H3;(H,6,7). The topological polar surface area (TPSA) is 102 Å². The molecule has 1 saturated heterocycles. The Kier molecular flexibility index (Phi) is 8.89. The highest BCUT2D eigenvalue weighted by Gasteiger charge is 2.38. The number of nitrogens with zero attached hydrogens (tertiary/aromatic N) is 5. The van der Waals surface area contributed by atoms with E-state index >= 15 is 0 Å². The van der Waals surface area contributed by atoms with E-state index in [0.717, 1.165) is 78.8 Å². The monoisotopic (exact) mass is 617 g/mol. The number of carbonyl (C=O) groups is 1. The number of carboxylic acid groups (broad SMARTS) is 1.